The van der Waals surface area contributed by atoms with Crippen LogP contribution in [0.2, 0.25) is 0 Å². The molecule has 0 aliphatic heterocycles. The Balaban J connectivity index is 2.43. The van der Waals surface area contributed by atoms with Gasteiger partial charge in [0.1, 0.15) is 0 Å². The van der Waals surface area contributed by atoms with Gasteiger partial charge in [-0.05, 0) is 32.6 Å². The lowest BCUT2D eigenvalue weighted by Gasteiger charge is -2.19. The molecule has 0 bridgehead atoms. The minimum Gasteiger partial charge on any atom is -0.324 e. The van der Waals surface area contributed by atoms with Crippen molar-refractivity contribution in [3.63, 3.8) is 0 Å². The van der Waals surface area contributed by atoms with Crippen LogP contribution in [-0.2, 0) is 0 Å². The first-order chi connectivity index (χ1) is 6.20. The van der Waals surface area contributed by atoms with E-state index in [2.05, 4.69) is 19.9 Å². The first kappa shape index (κ1) is 10.8. The van der Waals surface area contributed by atoms with E-state index in [1.165, 1.54) is 44.1 Å². The average Bonchev–Trinajstić information content (AvgIpc) is 2.29. The number of hydrogen-bond acceptors (Lipinski definition) is 1. The molecule has 1 fully saturated rings. The number of hydrogen-bond donors (Lipinski definition) is 1. The van der Waals surface area contributed by atoms with Gasteiger partial charge in [-0.1, -0.05) is 37.3 Å². The van der Waals surface area contributed by atoms with Crippen LogP contribution in [0.4, 0.5) is 0 Å². The summed E-state index contributed by atoms with van der Waals surface area (Å²) in [5.41, 5.74) is 7.50. The van der Waals surface area contributed by atoms with E-state index < -0.39 is 0 Å². The summed E-state index contributed by atoms with van der Waals surface area (Å²) >= 11 is 0. The second-order valence-electron chi connectivity index (χ2n) is 4.57. The molecule has 0 heterocycles. The minimum atomic E-state index is 0.308. The van der Waals surface area contributed by atoms with Crippen molar-refractivity contribution in [1.29, 1.82) is 0 Å². The minimum absolute atomic E-state index is 0.308. The van der Waals surface area contributed by atoms with Gasteiger partial charge in [0.05, 0.1) is 0 Å². The lowest BCUT2D eigenvalue weighted by molar-refractivity contribution is 0.417. The maximum absolute atomic E-state index is 6.14. The van der Waals surface area contributed by atoms with Gasteiger partial charge in [-0.3, -0.25) is 0 Å². The molecular formula is C12H23N. The quantitative estimate of drug-likeness (QED) is 0.513. The zero-order valence-corrected chi connectivity index (χ0v) is 9.05. The van der Waals surface area contributed by atoms with Crippen LogP contribution in [0.15, 0.2) is 11.6 Å². The molecular weight excluding hydrogens is 158 g/mol. The van der Waals surface area contributed by atoms with Gasteiger partial charge >= 0.3 is 0 Å². The molecule has 76 valence electrons. The van der Waals surface area contributed by atoms with Gasteiger partial charge in [-0.25, -0.2) is 0 Å². The molecule has 1 nitrogen and oxygen atoms in total. The molecule has 13 heavy (non-hydrogen) atoms. The standard InChI is InChI=1S/C12H23N/c1-10(2)9-12(13)11-7-5-3-4-6-8-11/h9,11-12H,3-8,13H2,1-2H3. The highest BCUT2D eigenvalue weighted by atomic mass is 14.6. The molecule has 2 N–H and O–H groups in total. The van der Waals surface area contributed by atoms with Gasteiger partial charge in [0.2, 0.25) is 0 Å². The van der Waals surface area contributed by atoms with Crippen LogP contribution in [0.25, 0.3) is 0 Å². The summed E-state index contributed by atoms with van der Waals surface area (Å²) in [7, 11) is 0. The zero-order chi connectivity index (χ0) is 9.68. The van der Waals surface area contributed by atoms with Crippen molar-refractivity contribution in [1.82, 2.24) is 0 Å². The summed E-state index contributed by atoms with van der Waals surface area (Å²) in [5.74, 6) is 0.748. The molecule has 0 aromatic rings. The molecule has 1 saturated carbocycles. The van der Waals surface area contributed by atoms with Crippen molar-refractivity contribution in [2.45, 2.75) is 58.4 Å². The van der Waals surface area contributed by atoms with Gasteiger partial charge in [-0.15, -0.1) is 0 Å². The highest BCUT2D eigenvalue weighted by molar-refractivity contribution is 5.02. The van der Waals surface area contributed by atoms with Crippen molar-refractivity contribution in [2.75, 3.05) is 0 Å². The van der Waals surface area contributed by atoms with E-state index in [0.717, 1.165) is 5.92 Å². The summed E-state index contributed by atoms with van der Waals surface area (Å²) in [6, 6.07) is 0.308. The molecule has 0 spiro atoms. The molecule has 1 unspecified atom stereocenters. The number of rotatable bonds is 2. The van der Waals surface area contributed by atoms with Crippen molar-refractivity contribution in [3.8, 4) is 0 Å². The molecule has 0 amide bonds. The summed E-state index contributed by atoms with van der Waals surface area (Å²) in [6.45, 7) is 4.27. The first-order valence-corrected chi connectivity index (χ1v) is 5.61. The SMILES string of the molecule is CC(C)=CC(N)C1CCCCCC1. The Bertz CT molecular complexity index is 160. The van der Waals surface area contributed by atoms with Crippen LogP contribution in [0.5, 0.6) is 0 Å². The van der Waals surface area contributed by atoms with E-state index in [9.17, 15) is 0 Å². The predicted molar refractivity (Wildman–Crippen MR) is 58.6 cm³/mol. The fourth-order valence-corrected chi connectivity index (χ4v) is 2.22. The molecule has 0 radical (unpaired) electrons. The van der Waals surface area contributed by atoms with Crippen molar-refractivity contribution < 1.29 is 0 Å². The number of nitrogens with two attached hydrogens (primary N) is 1. The van der Waals surface area contributed by atoms with Crippen molar-refractivity contribution >= 4 is 0 Å². The third-order valence-corrected chi connectivity index (χ3v) is 2.97. The van der Waals surface area contributed by atoms with Crippen LogP contribution >= 0.6 is 0 Å². The number of allylic oxidation sites excluding steroid dienone is 1. The zero-order valence-electron chi connectivity index (χ0n) is 9.05. The topological polar surface area (TPSA) is 26.0 Å². The van der Waals surface area contributed by atoms with Gasteiger partial charge in [0.25, 0.3) is 0 Å². The van der Waals surface area contributed by atoms with E-state index in [-0.39, 0.29) is 0 Å². The Morgan fingerprint density at radius 3 is 2.15 bits per heavy atom. The van der Waals surface area contributed by atoms with Gasteiger partial charge in [-0.2, -0.15) is 0 Å². The Labute approximate surface area is 82.4 Å². The average molecular weight is 181 g/mol. The Kier molecular flexibility index (Phi) is 4.51. The fraction of sp³-hybridized carbons (Fsp3) is 0.833. The summed E-state index contributed by atoms with van der Waals surface area (Å²) in [4.78, 5) is 0. The molecule has 0 saturated heterocycles. The van der Waals surface area contributed by atoms with Crippen molar-refractivity contribution in [2.24, 2.45) is 11.7 Å². The third kappa shape index (κ3) is 3.95. The van der Waals surface area contributed by atoms with Crippen LogP contribution < -0.4 is 5.73 Å². The lowest BCUT2D eigenvalue weighted by atomic mass is 9.91. The monoisotopic (exact) mass is 181 g/mol. The highest BCUT2D eigenvalue weighted by Gasteiger charge is 2.17. The van der Waals surface area contributed by atoms with E-state index in [4.69, 9.17) is 5.73 Å². The Morgan fingerprint density at radius 2 is 1.69 bits per heavy atom. The van der Waals surface area contributed by atoms with Gasteiger partial charge < -0.3 is 5.73 Å². The molecule has 1 rings (SSSR count). The van der Waals surface area contributed by atoms with Crippen LogP contribution in [0, 0.1) is 5.92 Å². The molecule has 1 aliphatic rings. The van der Waals surface area contributed by atoms with E-state index in [1.807, 2.05) is 0 Å². The van der Waals surface area contributed by atoms with Crippen LogP contribution in [-0.4, -0.2) is 6.04 Å². The fourth-order valence-electron chi connectivity index (χ4n) is 2.22. The van der Waals surface area contributed by atoms with Crippen molar-refractivity contribution in [3.05, 3.63) is 11.6 Å². The summed E-state index contributed by atoms with van der Waals surface area (Å²) in [6.07, 6.45) is 10.5. The third-order valence-electron chi connectivity index (χ3n) is 2.97. The molecule has 1 heteroatoms. The summed E-state index contributed by atoms with van der Waals surface area (Å²) in [5, 5.41) is 0. The van der Waals surface area contributed by atoms with Gasteiger partial charge in [0.15, 0.2) is 0 Å². The maximum atomic E-state index is 6.14. The normalized spacial score (nSPS) is 22.1. The van der Waals surface area contributed by atoms with Crippen LogP contribution in [0.3, 0.4) is 0 Å². The predicted octanol–water partition coefficient (Wildman–Crippen LogP) is 3.25. The second kappa shape index (κ2) is 5.43. The van der Waals surface area contributed by atoms with Gasteiger partial charge in [0, 0.05) is 6.04 Å². The Hall–Kier alpha value is -0.300. The largest absolute Gasteiger partial charge is 0.324 e. The van der Waals surface area contributed by atoms with E-state index in [1.54, 1.807) is 0 Å². The van der Waals surface area contributed by atoms with Crippen LogP contribution in [0.1, 0.15) is 52.4 Å². The molecule has 1 aliphatic carbocycles. The molecule has 0 aromatic heterocycles. The van der Waals surface area contributed by atoms with E-state index in [0.29, 0.717) is 6.04 Å². The second-order valence-corrected chi connectivity index (χ2v) is 4.57. The molecule has 0 aromatic carbocycles. The Morgan fingerprint density at radius 1 is 1.15 bits per heavy atom. The smallest absolute Gasteiger partial charge is 0.0254 e. The highest BCUT2D eigenvalue weighted by Crippen LogP contribution is 2.25. The maximum Gasteiger partial charge on any atom is 0.0254 e. The first-order valence-electron chi connectivity index (χ1n) is 5.61. The molecule has 1 atom stereocenters. The van der Waals surface area contributed by atoms with E-state index >= 15 is 0 Å². The lowest BCUT2D eigenvalue weighted by Crippen LogP contribution is -2.27. The summed E-state index contributed by atoms with van der Waals surface area (Å²) < 4.78 is 0.